The van der Waals surface area contributed by atoms with Gasteiger partial charge >= 0.3 is 72.7 Å². The van der Waals surface area contributed by atoms with Crippen LogP contribution in [0.25, 0.3) is 0 Å². The van der Waals surface area contributed by atoms with Gasteiger partial charge in [0, 0.05) is 0 Å². The Labute approximate surface area is 740 Å². The van der Waals surface area contributed by atoms with Crippen LogP contribution in [-0.4, -0.2) is 116 Å². The van der Waals surface area contributed by atoms with Gasteiger partial charge in [-0.15, -0.1) is 0 Å². The quantitative estimate of drug-likeness (QED) is 0.0572. The molecule has 0 saturated heterocycles. The first-order chi connectivity index (χ1) is 56.0. The van der Waals surface area contributed by atoms with Crippen molar-refractivity contribution in [1.29, 1.82) is 0 Å². The summed E-state index contributed by atoms with van der Waals surface area (Å²) in [5, 5.41) is 0. The fourth-order valence-electron chi connectivity index (χ4n) is 13.5. The van der Waals surface area contributed by atoms with Gasteiger partial charge in [0.2, 0.25) is 0 Å². The van der Waals surface area contributed by atoms with E-state index in [1.54, 1.807) is 62.3 Å². The molecule has 7 rings (SSSR count). The van der Waals surface area contributed by atoms with E-state index in [1.165, 1.54) is 62.5 Å². The van der Waals surface area contributed by atoms with Gasteiger partial charge in [0.25, 0.3) is 0 Å². The summed E-state index contributed by atoms with van der Waals surface area (Å²) in [6.07, 6.45) is -6.06. The smallest absolute Gasteiger partial charge is 0.425 e. The Morgan fingerprint density at radius 1 is 0.360 bits per heavy atom. The molecule has 1 aromatic rings. The highest BCUT2D eigenvalue weighted by molar-refractivity contribution is 5.79. The average Bonchev–Trinajstić information content (AvgIpc) is 0.745. The normalized spacial score (nSPS) is 21.9. The Hall–Kier alpha value is -5.54. The molecule has 6 saturated carbocycles. The Morgan fingerprint density at radius 3 is 0.872 bits per heavy atom. The number of hydrogen-bond donors (Lipinski definition) is 0. The maximum Gasteiger partial charge on any atom is 0.425 e. The van der Waals surface area contributed by atoms with E-state index in [4.69, 9.17) is 14.2 Å². The molecule has 1 aromatic carbocycles. The van der Waals surface area contributed by atoms with Crippen LogP contribution in [0, 0.1) is 78.3 Å². The summed E-state index contributed by atoms with van der Waals surface area (Å²) in [5.41, 5.74) is -2.60. The van der Waals surface area contributed by atoms with E-state index < -0.39 is 108 Å². The van der Waals surface area contributed by atoms with E-state index in [1.807, 2.05) is 55.4 Å². The molecule has 0 aliphatic heterocycles. The molecule has 734 valence electrons. The van der Waals surface area contributed by atoms with Gasteiger partial charge in [0.15, 0.2) is 30.8 Å². The molecule has 0 amide bonds. The molecular formula is C96H161F15O14. The third-order valence-electron chi connectivity index (χ3n) is 26.2. The molecule has 29 heteroatoms. The first-order valence-electron chi connectivity index (χ1n) is 44.9. The second kappa shape index (κ2) is 49.1. The van der Waals surface area contributed by atoms with Gasteiger partial charge in [0.1, 0.15) is 17.8 Å². The van der Waals surface area contributed by atoms with Crippen molar-refractivity contribution in [2.45, 2.75) is 442 Å². The Balaban J connectivity index is 0. The fourth-order valence-corrected chi connectivity index (χ4v) is 13.5. The molecule has 14 nitrogen and oxygen atoms in total. The zero-order valence-electron chi connectivity index (χ0n) is 81.9. The third kappa shape index (κ3) is 43.4. The zero-order chi connectivity index (χ0) is 98.7. The second-order valence-corrected chi connectivity index (χ2v) is 42.3. The van der Waals surface area contributed by atoms with Crippen molar-refractivity contribution < 1.29 is 133 Å². The molecular weight excluding hydrogens is 1660 g/mol. The number of esters is 7. The van der Waals surface area contributed by atoms with Gasteiger partial charge in [-0.1, -0.05) is 149 Å². The lowest BCUT2D eigenvalue weighted by Crippen LogP contribution is -2.53. The predicted molar refractivity (Wildman–Crippen MR) is 460 cm³/mol. The molecule has 0 aromatic heterocycles. The number of carbonyl (C=O) groups excluding carboxylic acids is 7. The summed E-state index contributed by atoms with van der Waals surface area (Å²) in [5.74, 6) is 0.376. The van der Waals surface area contributed by atoms with Crippen LogP contribution in [0.15, 0.2) is 24.3 Å². The van der Waals surface area contributed by atoms with E-state index >= 15 is 0 Å². The van der Waals surface area contributed by atoms with Crippen molar-refractivity contribution in [3.05, 3.63) is 35.4 Å². The topological polar surface area (TPSA) is 184 Å². The van der Waals surface area contributed by atoms with Crippen molar-refractivity contribution in [2.75, 3.05) is 13.2 Å². The van der Waals surface area contributed by atoms with Crippen molar-refractivity contribution in [3.8, 4) is 0 Å². The number of carbonyl (C=O) groups is 7. The maximum atomic E-state index is 12.4. The van der Waals surface area contributed by atoms with E-state index in [0.29, 0.717) is 42.9 Å². The first kappa shape index (κ1) is 122. The number of hydrogen-bond acceptors (Lipinski definition) is 14. The highest BCUT2D eigenvalue weighted by atomic mass is 19.4. The van der Waals surface area contributed by atoms with Crippen molar-refractivity contribution in [1.82, 2.24) is 0 Å². The molecule has 0 spiro atoms. The van der Waals surface area contributed by atoms with Gasteiger partial charge in [0.05, 0.1) is 32.5 Å². The van der Waals surface area contributed by atoms with Crippen molar-refractivity contribution >= 4 is 41.8 Å². The zero-order valence-corrected chi connectivity index (χ0v) is 81.9. The lowest BCUT2D eigenvalue weighted by molar-refractivity contribution is -0.240. The van der Waals surface area contributed by atoms with Gasteiger partial charge in [-0.05, 0) is 308 Å². The summed E-state index contributed by atoms with van der Waals surface area (Å²) >= 11 is 0. The summed E-state index contributed by atoms with van der Waals surface area (Å²) in [6.45, 7) is 57.3. The van der Waals surface area contributed by atoms with Crippen LogP contribution in [0.5, 0.6) is 0 Å². The van der Waals surface area contributed by atoms with Crippen LogP contribution < -0.4 is 0 Å². The molecule has 4 bridgehead atoms. The van der Waals surface area contributed by atoms with Crippen LogP contribution in [0.1, 0.15) is 387 Å². The van der Waals surface area contributed by atoms with Crippen LogP contribution in [0.3, 0.4) is 0 Å². The van der Waals surface area contributed by atoms with Gasteiger partial charge in [-0.25, -0.2) is 0 Å². The SMILES string of the molecule is CCC(C)(C(=O)OCC(F)(F)F)C(F)(F)F.CCC(C)(C)C(=O)OC(C)C(F)(F)F.CCC(C)(C)C(=O)OC(C)C(F)(F)F.CCC(C)(C)C(=O)OC12CC3CC(CC(C3)C1)C2.CCC(C)(C)C(=O)OC1CCC(C(C)(C)C)CC1.CCC(C)(C)C(=O)OC1CCC(C(C)(C)C)CC1.CCC(C)(C)C(=O)OCC(F)(F)F.CCC(C)c1ccc(C(C)(C)C)cc1. The monoisotopic (exact) mass is 1820 g/mol. The third-order valence-corrected chi connectivity index (χ3v) is 26.2. The summed E-state index contributed by atoms with van der Waals surface area (Å²) in [7, 11) is 0. The minimum atomic E-state index is -4.94. The predicted octanol–water partition coefficient (Wildman–Crippen LogP) is 29.0. The molecule has 4 unspecified atom stereocenters. The first-order valence-corrected chi connectivity index (χ1v) is 44.9. The molecule has 0 heterocycles. The summed E-state index contributed by atoms with van der Waals surface area (Å²) in [6, 6.07) is 9.08. The van der Waals surface area contributed by atoms with E-state index in [2.05, 4.69) is 126 Å². The Bertz CT molecular complexity index is 3240. The van der Waals surface area contributed by atoms with Crippen LogP contribution in [-0.2, 0) is 72.1 Å². The van der Waals surface area contributed by atoms with E-state index in [9.17, 15) is 99.4 Å². The lowest BCUT2D eigenvalue weighted by atomic mass is 9.54. The lowest BCUT2D eigenvalue weighted by Gasteiger charge is -2.56. The number of rotatable bonds is 23. The second-order valence-electron chi connectivity index (χ2n) is 42.3. The van der Waals surface area contributed by atoms with Gasteiger partial charge in [-0.2, -0.15) is 65.9 Å². The highest BCUT2D eigenvalue weighted by Crippen LogP contribution is 2.58. The number of ether oxygens (including phenoxy) is 7. The number of benzene rings is 1. The van der Waals surface area contributed by atoms with E-state index in [0.717, 1.165) is 115 Å². The summed E-state index contributed by atoms with van der Waals surface area (Å²) in [4.78, 5) is 80.8. The Morgan fingerprint density at radius 2 is 0.632 bits per heavy atom. The average molecular weight is 1820 g/mol. The summed E-state index contributed by atoms with van der Waals surface area (Å²) < 4.78 is 213. The van der Waals surface area contributed by atoms with Crippen LogP contribution in [0.4, 0.5) is 65.9 Å². The maximum absolute atomic E-state index is 12.4. The minimum Gasteiger partial charge on any atom is -0.462 e. The number of halogens is 15. The minimum absolute atomic E-state index is 0.0239. The molecule has 6 fully saturated rings. The number of alkyl halides is 15. The van der Waals surface area contributed by atoms with Crippen molar-refractivity contribution in [3.63, 3.8) is 0 Å². The fraction of sp³-hybridized carbons (Fsp3) is 0.865. The van der Waals surface area contributed by atoms with Crippen LogP contribution >= 0.6 is 0 Å². The molecule has 4 atom stereocenters. The molecule has 0 N–H and O–H groups in total. The molecule has 0 radical (unpaired) electrons. The molecule has 6 aliphatic carbocycles. The largest absolute Gasteiger partial charge is 0.462 e. The van der Waals surface area contributed by atoms with Crippen molar-refractivity contribution in [2.24, 2.45) is 78.3 Å². The van der Waals surface area contributed by atoms with Crippen LogP contribution in [0.2, 0.25) is 0 Å². The standard InChI is InChI=1S/C16H26O2.2C16H30O2.C14H22.2C9H15F3O2.C8H10F6O2.C8H13F3O2/c1-4-15(2,3)14(17)18-16-8-11-5-12(9-16)7-13(6-11)10-16;2*1-7-16(5,6)14(17)18-13-10-8-12(9-11-13)15(2,3)4;1-6-11(2)12-7-9-13(10-8-12)14(3,4)5;2*1-5-8(3,4)7(13)14-6(2)9(10,11)12;1-3-6(2,8(12,13)14)5(15)16-4-7(9,10)11;1-4-7(2,3)6(12)13-5-8(9,10)11/h11-13H,4-10H2,1-3H3;2*12-13H,7-11H2,1-6H3;7-11H,6H2,1-5H3;2*6H,5H2,1-4H3;3-4H2,1-2H3;4-5H2,1-3H3. The Kier molecular flexibility index (Phi) is 47.7. The molecule has 125 heavy (non-hydrogen) atoms. The highest BCUT2D eigenvalue weighted by Gasteiger charge is 2.58. The van der Waals surface area contributed by atoms with Gasteiger partial charge < -0.3 is 33.2 Å². The van der Waals surface area contributed by atoms with E-state index in [-0.39, 0.29) is 57.4 Å². The van der Waals surface area contributed by atoms with Gasteiger partial charge in [-0.3, -0.25) is 33.6 Å². The molecule has 6 aliphatic rings.